The summed E-state index contributed by atoms with van der Waals surface area (Å²) in [6.45, 7) is 1.91. The second kappa shape index (κ2) is 9.04. The van der Waals surface area contributed by atoms with Crippen molar-refractivity contribution in [1.29, 1.82) is 5.26 Å². The quantitative estimate of drug-likeness (QED) is 0.522. The normalized spacial score (nSPS) is 32.8. The van der Waals surface area contributed by atoms with Crippen LogP contribution in [0.4, 0.5) is 0 Å². The van der Waals surface area contributed by atoms with Gasteiger partial charge in [0.1, 0.15) is 5.75 Å². The van der Waals surface area contributed by atoms with E-state index in [4.69, 9.17) is 19.2 Å². The van der Waals surface area contributed by atoms with Crippen molar-refractivity contribution < 1.29 is 24.4 Å². The zero-order valence-electron chi connectivity index (χ0n) is 21.8. The average molecular weight is 526 g/mol. The van der Waals surface area contributed by atoms with Crippen LogP contribution in [0.1, 0.15) is 53.1 Å². The van der Waals surface area contributed by atoms with Gasteiger partial charge >= 0.3 is 0 Å². The summed E-state index contributed by atoms with van der Waals surface area (Å²) in [4.78, 5) is 7.19. The third-order valence-electron chi connectivity index (χ3n) is 9.31. The minimum absolute atomic E-state index is 0.244. The highest BCUT2D eigenvalue weighted by atomic mass is 16.5. The van der Waals surface area contributed by atoms with Gasteiger partial charge in [-0.15, -0.1) is 0 Å². The first-order valence-electron chi connectivity index (χ1n) is 13.6. The van der Waals surface area contributed by atoms with Crippen LogP contribution >= 0.6 is 0 Å². The van der Waals surface area contributed by atoms with Crippen LogP contribution in [0.25, 0.3) is 0 Å². The summed E-state index contributed by atoms with van der Waals surface area (Å²) in [5.74, 6) is 0.332. The first-order chi connectivity index (χ1) is 19.0. The number of methoxy groups -OCH3 is 1. The number of aliphatic hydroxyl groups excluding tert-OH is 1. The van der Waals surface area contributed by atoms with Crippen LogP contribution in [0.2, 0.25) is 0 Å². The maximum atomic E-state index is 12.8. The van der Waals surface area contributed by atoms with Crippen LogP contribution < -0.4 is 9.47 Å². The third kappa shape index (κ3) is 3.28. The third-order valence-corrected chi connectivity index (χ3v) is 9.31. The van der Waals surface area contributed by atoms with Crippen LogP contribution in [-0.4, -0.2) is 58.6 Å². The zero-order valence-corrected chi connectivity index (χ0v) is 21.8. The molecule has 4 aliphatic rings. The molecule has 2 saturated heterocycles. The van der Waals surface area contributed by atoms with E-state index in [1.54, 1.807) is 18.3 Å². The Bertz CT molecular complexity index is 1440. The molecule has 7 rings (SSSR count). The molecule has 0 spiro atoms. The SMILES string of the molecule is COc1cnc(CN2[C@@H]3CC[C@H]2COC3)c2c1[C@]1(O)[C@H](O)C[C@@H](c3ccccc3)[C@]1(c1ccccc1C#N)O2. The number of fused-ring (bicyclic) bond motifs is 5. The molecule has 3 aliphatic heterocycles. The largest absolute Gasteiger partial charge is 0.495 e. The molecule has 2 aromatic carbocycles. The maximum Gasteiger partial charge on any atom is 0.178 e. The van der Waals surface area contributed by atoms with Gasteiger partial charge in [0.25, 0.3) is 0 Å². The number of benzene rings is 2. The van der Waals surface area contributed by atoms with Gasteiger partial charge in [0.15, 0.2) is 17.0 Å². The van der Waals surface area contributed by atoms with E-state index >= 15 is 0 Å². The van der Waals surface area contributed by atoms with Crippen molar-refractivity contribution in [3.63, 3.8) is 0 Å². The van der Waals surface area contributed by atoms with Crippen molar-refractivity contribution in [1.82, 2.24) is 9.88 Å². The average Bonchev–Trinajstić information content (AvgIpc) is 3.46. The molecule has 1 aliphatic carbocycles. The molecule has 2 N–H and O–H groups in total. The van der Waals surface area contributed by atoms with E-state index in [0.717, 1.165) is 18.4 Å². The van der Waals surface area contributed by atoms with Gasteiger partial charge in [-0.2, -0.15) is 5.26 Å². The van der Waals surface area contributed by atoms with Crippen LogP contribution in [0, 0.1) is 11.3 Å². The molecule has 39 heavy (non-hydrogen) atoms. The molecule has 3 fully saturated rings. The molecule has 0 radical (unpaired) electrons. The number of hydrogen-bond acceptors (Lipinski definition) is 8. The van der Waals surface area contributed by atoms with Gasteiger partial charge in [-0.25, -0.2) is 0 Å². The standard InChI is InChI=1S/C31H31N3O5/c1-37-26-15-33-25(16-34-21-11-12-22(34)18-38-17-21)29-28(26)30(36)27(35)13-24(19-7-3-2-4-8-19)31(30,39-29)23-10-6-5-9-20(23)14-32/h2-10,15,21-22,24,27,35-36H,11-13,16-18H2,1H3/t21-,22+,24-,27+,30+,31-/m0/s1. The van der Waals surface area contributed by atoms with Crippen molar-refractivity contribution in [2.75, 3.05) is 20.3 Å². The highest BCUT2D eigenvalue weighted by Gasteiger charge is 2.74. The maximum absolute atomic E-state index is 12.8. The Balaban J connectivity index is 1.46. The van der Waals surface area contributed by atoms with E-state index in [0.29, 0.717) is 65.7 Å². The lowest BCUT2D eigenvalue weighted by Crippen LogP contribution is -2.52. The van der Waals surface area contributed by atoms with Crippen molar-refractivity contribution >= 4 is 0 Å². The number of nitriles is 1. The van der Waals surface area contributed by atoms with Crippen LogP contribution in [0.5, 0.6) is 11.5 Å². The number of nitrogens with zero attached hydrogens (tertiary/aromatic N) is 3. The van der Waals surface area contributed by atoms with Crippen LogP contribution in [0.15, 0.2) is 60.8 Å². The van der Waals surface area contributed by atoms with Gasteiger partial charge in [0, 0.05) is 30.1 Å². The molecule has 8 heteroatoms. The molecule has 1 aromatic heterocycles. The predicted octanol–water partition coefficient (Wildman–Crippen LogP) is 3.35. The van der Waals surface area contributed by atoms with E-state index in [2.05, 4.69) is 11.0 Å². The Morgan fingerprint density at radius 1 is 1.10 bits per heavy atom. The van der Waals surface area contributed by atoms with E-state index in [1.807, 2.05) is 42.5 Å². The smallest absolute Gasteiger partial charge is 0.178 e. The molecule has 200 valence electrons. The van der Waals surface area contributed by atoms with E-state index in [-0.39, 0.29) is 6.42 Å². The van der Waals surface area contributed by atoms with Gasteiger partial charge in [-0.1, -0.05) is 48.5 Å². The lowest BCUT2D eigenvalue weighted by molar-refractivity contribution is -0.150. The molecule has 4 heterocycles. The summed E-state index contributed by atoms with van der Waals surface area (Å²) >= 11 is 0. The monoisotopic (exact) mass is 525 g/mol. The van der Waals surface area contributed by atoms with Crippen molar-refractivity contribution in [3.8, 4) is 17.6 Å². The van der Waals surface area contributed by atoms with E-state index < -0.39 is 23.2 Å². The number of ether oxygens (including phenoxy) is 3. The van der Waals surface area contributed by atoms with Gasteiger partial charge < -0.3 is 24.4 Å². The van der Waals surface area contributed by atoms with Crippen LogP contribution in [-0.2, 0) is 22.5 Å². The molecule has 0 amide bonds. The predicted molar refractivity (Wildman–Crippen MR) is 141 cm³/mol. The Kier molecular flexibility index (Phi) is 5.69. The summed E-state index contributed by atoms with van der Waals surface area (Å²) in [6.07, 6.45) is 2.82. The summed E-state index contributed by atoms with van der Waals surface area (Å²) in [5, 5.41) is 34.7. The highest BCUT2D eigenvalue weighted by Crippen LogP contribution is 2.68. The number of pyridine rings is 1. The molecular formula is C31H31N3O5. The Hall–Kier alpha value is -3.48. The first kappa shape index (κ1) is 24.6. The number of morpholine rings is 1. The topological polar surface area (TPSA) is 108 Å². The minimum atomic E-state index is -1.89. The molecule has 6 atom stereocenters. The summed E-state index contributed by atoms with van der Waals surface area (Å²) in [6, 6.07) is 19.9. The van der Waals surface area contributed by atoms with Gasteiger partial charge in [-0.05, 0) is 30.9 Å². The number of aromatic nitrogens is 1. The molecular weight excluding hydrogens is 494 g/mol. The molecule has 1 saturated carbocycles. The summed E-state index contributed by atoms with van der Waals surface area (Å²) in [7, 11) is 1.53. The fourth-order valence-electron chi connectivity index (χ4n) is 7.54. The highest BCUT2D eigenvalue weighted by molar-refractivity contribution is 5.62. The summed E-state index contributed by atoms with van der Waals surface area (Å²) in [5.41, 5.74) is -0.447. The molecule has 2 bridgehead atoms. The lowest BCUT2D eigenvalue weighted by Gasteiger charge is -2.41. The minimum Gasteiger partial charge on any atom is -0.495 e. The number of rotatable bonds is 5. The van der Waals surface area contributed by atoms with E-state index in [9.17, 15) is 15.5 Å². The molecule has 0 unspecified atom stereocenters. The Labute approximate surface area is 227 Å². The Morgan fingerprint density at radius 3 is 2.54 bits per heavy atom. The number of aliphatic hydroxyl groups is 2. The second-order valence-electron chi connectivity index (χ2n) is 11.0. The van der Waals surface area contributed by atoms with Crippen molar-refractivity contribution in [3.05, 3.63) is 88.7 Å². The summed E-state index contributed by atoms with van der Waals surface area (Å²) < 4.78 is 18.6. The fraction of sp³-hybridized carbons (Fsp3) is 0.419. The molecule has 8 nitrogen and oxygen atoms in total. The molecule has 3 aromatic rings. The Morgan fingerprint density at radius 2 is 1.82 bits per heavy atom. The second-order valence-corrected chi connectivity index (χ2v) is 11.0. The van der Waals surface area contributed by atoms with Gasteiger partial charge in [0.05, 0.1) is 55.5 Å². The first-order valence-corrected chi connectivity index (χ1v) is 13.6. The van der Waals surface area contributed by atoms with Gasteiger partial charge in [0.2, 0.25) is 0 Å². The van der Waals surface area contributed by atoms with E-state index in [1.165, 1.54) is 7.11 Å². The van der Waals surface area contributed by atoms with Gasteiger partial charge in [-0.3, -0.25) is 9.88 Å². The fourth-order valence-corrected chi connectivity index (χ4v) is 7.54. The van der Waals surface area contributed by atoms with Crippen LogP contribution in [0.3, 0.4) is 0 Å². The number of hydrogen-bond donors (Lipinski definition) is 2. The lowest BCUT2D eigenvalue weighted by atomic mass is 9.70. The van der Waals surface area contributed by atoms with Crippen molar-refractivity contribution in [2.45, 2.75) is 61.1 Å². The zero-order chi connectivity index (χ0) is 26.8. The van der Waals surface area contributed by atoms with Crippen molar-refractivity contribution in [2.24, 2.45) is 0 Å².